The Labute approximate surface area is 165 Å². The Bertz CT molecular complexity index is 751. The van der Waals surface area contributed by atoms with Crippen molar-refractivity contribution < 1.29 is 58.5 Å². The van der Waals surface area contributed by atoms with Crippen LogP contribution in [0.15, 0.2) is 45.2 Å². The second kappa shape index (κ2) is 9.92. The van der Waals surface area contributed by atoms with Crippen molar-refractivity contribution in [2.24, 2.45) is 0 Å². The normalized spacial score (nSPS) is 8.95. The number of benzene rings is 2. The van der Waals surface area contributed by atoms with E-state index in [4.69, 9.17) is 8.83 Å². The average molecular weight is 553 g/mol. The van der Waals surface area contributed by atoms with Crippen LogP contribution in [0.2, 0.25) is 0 Å². The molecule has 2 heterocycles. The van der Waals surface area contributed by atoms with Gasteiger partial charge in [-0.25, -0.2) is 0 Å². The van der Waals surface area contributed by atoms with Gasteiger partial charge in [-0.3, -0.25) is 4.98 Å². The molecule has 107 valence electrons. The number of fused-ring (bicyclic) bond motifs is 2. The topological polar surface area (TPSA) is 52.1 Å². The number of nitrogens with zero attached hydrogens (tertiary/aromatic N) is 2. The van der Waals surface area contributed by atoms with Gasteiger partial charge in [0.15, 0.2) is 5.89 Å². The molecule has 0 N–H and O–H groups in total. The van der Waals surface area contributed by atoms with Crippen LogP contribution in [0.4, 0.5) is 0 Å². The Balaban J connectivity index is 0.000000354. The number of rotatable bonds is 0. The van der Waals surface area contributed by atoms with Gasteiger partial charge in [0.25, 0.3) is 0 Å². The molecule has 0 aliphatic carbocycles. The van der Waals surface area contributed by atoms with Crippen LogP contribution in [0.3, 0.4) is 0 Å². The maximum Gasteiger partial charge on any atom is 2.00 e. The first-order valence-electron chi connectivity index (χ1n) is 5.69. The number of aryl methyl sites for hydroxylation is 1. The maximum atomic E-state index is 5.24. The van der Waals surface area contributed by atoms with Crippen LogP contribution in [-0.2, 0) is 18.6 Å². The molecule has 0 fully saturated rings. The molecule has 0 atom stereocenters. The number of hydrogen-bond acceptors (Lipinski definition) is 4. The molecule has 0 bridgehead atoms. The molecule has 0 unspecified atom stereocenters. The van der Waals surface area contributed by atoms with Gasteiger partial charge in [-0.15, -0.1) is 12.1 Å². The molecule has 0 aliphatic rings. The van der Waals surface area contributed by atoms with E-state index in [1.54, 1.807) is 18.2 Å². The van der Waals surface area contributed by atoms with Crippen molar-refractivity contribution in [2.45, 2.75) is 6.92 Å². The quantitative estimate of drug-likeness (QED) is 0.311. The van der Waals surface area contributed by atoms with Crippen LogP contribution >= 0.6 is 0 Å². The second-order valence-electron chi connectivity index (χ2n) is 3.83. The molecule has 6 heteroatoms. The number of oxazole rings is 2. The molecule has 4 rings (SSSR count). The number of hydrogen-bond donors (Lipinski definition) is 0. The fraction of sp³-hybridized carbons (Fsp3) is 0.0625. The molecule has 0 amide bonds. The van der Waals surface area contributed by atoms with Crippen LogP contribution in [0.25, 0.3) is 22.2 Å². The standard InChI is InChI=1S/C8H6NO.C7H3NO.CH3.U.V/c1-6-9-7-4-2-3-5-8(7)10-6;1-2-4-7-6(3-1)8-5-9-7;;;/h3-5H,1H3;2-4H;1H3;;/q-1;-2;-1;2*+2. The van der Waals surface area contributed by atoms with E-state index in [9.17, 15) is 0 Å². The Morgan fingerprint density at radius 1 is 1.00 bits per heavy atom. The molecule has 0 spiro atoms. The van der Waals surface area contributed by atoms with Crippen LogP contribution in [0, 0.1) is 64.0 Å². The Morgan fingerprint density at radius 3 is 2.27 bits per heavy atom. The van der Waals surface area contributed by atoms with Gasteiger partial charge in [-0.05, 0) is 5.52 Å². The number of aromatic nitrogens is 2. The van der Waals surface area contributed by atoms with E-state index in [1.807, 2.05) is 25.1 Å². The van der Waals surface area contributed by atoms with Gasteiger partial charge < -0.3 is 21.2 Å². The second-order valence-corrected chi connectivity index (χ2v) is 3.83. The summed E-state index contributed by atoms with van der Waals surface area (Å²) in [5.41, 5.74) is 3.27. The first kappa shape index (κ1) is 21.0. The van der Waals surface area contributed by atoms with Gasteiger partial charge >= 0.3 is 49.7 Å². The third-order valence-electron chi connectivity index (χ3n) is 2.46. The third kappa shape index (κ3) is 5.03. The third-order valence-corrected chi connectivity index (χ3v) is 2.46. The summed E-state index contributed by atoms with van der Waals surface area (Å²) in [4.78, 5) is 7.91. The predicted molar refractivity (Wildman–Crippen MR) is 75.7 cm³/mol. The van der Waals surface area contributed by atoms with Crippen molar-refractivity contribution in [3.63, 3.8) is 0 Å². The largest absolute Gasteiger partial charge is 2.00 e. The van der Waals surface area contributed by atoms with E-state index in [0.717, 1.165) is 22.2 Å². The zero-order valence-corrected chi connectivity index (χ0v) is 17.7. The van der Waals surface area contributed by atoms with Crippen molar-refractivity contribution in [1.82, 2.24) is 9.97 Å². The monoisotopic (exact) mass is 553 g/mol. The SMILES string of the molecule is Cc1nc2c[c-]ccc2o1.[CH3-].[U+2].[V+2].[c-]1ccc2o[c-]nc2c1. The summed E-state index contributed by atoms with van der Waals surface area (Å²) in [7, 11) is 0. The van der Waals surface area contributed by atoms with Gasteiger partial charge in [0.05, 0.1) is 0 Å². The summed E-state index contributed by atoms with van der Waals surface area (Å²) < 4.78 is 10.1. The van der Waals surface area contributed by atoms with Crippen molar-refractivity contribution in [3.8, 4) is 0 Å². The van der Waals surface area contributed by atoms with Gasteiger partial charge in [0.1, 0.15) is 6.39 Å². The molecule has 4 aromatic rings. The van der Waals surface area contributed by atoms with Crippen molar-refractivity contribution in [3.05, 3.63) is 68.2 Å². The first-order valence-corrected chi connectivity index (χ1v) is 5.69. The Hall–Kier alpha value is -0.984. The predicted octanol–water partition coefficient (Wildman–Crippen LogP) is 3.81. The Kier molecular flexibility index (Phi) is 9.47. The van der Waals surface area contributed by atoms with Crippen molar-refractivity contribution >= 4 is 22.2 Å². The zero-order chi connectivity index (χ0) is 13.1. The summed E-state index contributed by atoms with van der Waals surface area (Å²) >= 11 is 0. The summed E-state index contributed by atoms with van der Waals surface area (Å²) in [5, 5.41) is 0. The molecule has 22 heavy (non-hydrogen) atoms. The maximum absolute atomic E-state index is 5.24. The summed E-state index contributed by atoms with van der Waals surface area (Å²) in [5.74, 6) is 0.703. The molecule has 2 aromatic carbocycles. The minimum absolute atomic E-state index is 0. The zero-order valence-electron chi connectivity index (χ0n) is 12.1. The van der Waals surface area contributed by atoms with E-state index in [1.165, 1.54) is 0 Å². The van der Waals surface area contributed by atoms with Gasteiger partial charge in [-0.2, -0.15) is 36.4 Å². The van der Waals surface area contributed by atoms with Crippen LogP contribution in [0.1, 0.15) is 5.89 Å². The first-order chi connectivity index (χ1) is 9.33. The van der Waals surface area contributed by atoms with E-state index in [-0.39, 0.29) is 57.1 Å². The van der Waals surface area contributed by atoms with E-state index in [2.05, 4.69) is 28.5 Å². The average Bonchev–Trinajstić information content (AvgIpc) is 3.03. The summed E-state index contributed by atoms with van der Waals surface area (Å²) in [6.45, 7) is 1.83. The minimum atomic E-state index is 0. The van der Waals surface area contributed by atoms with Crippen LogP contribution in [0.5, 0.6) is 0 Å². The molecular formula is C16H12N2O2UV. The Morgan fingerprint density at radius 2 is 1.64 bits per heavy atom. The molecule has 0 saturated carbocycles. The van der Waals surface area contributed by atoms with Crippen LogP contribution in [-0.4, -0.2) is 9.97 Å². The molecule has 2 aromatic heterocycles. The fourth-order valence-electron chi connectivity index (χ4n) is 1.63. The fourth-order valence-corrected chi connectivity index (χ4v) is 1.63. The van der Waals surface area contributed by atoms with Crippen molar-refractivity contribution in [1.29, 1.82) is 0 Å². The smallest absolute Gasteiger partial charge is 0.586 e. The van der Waals surface area contributed by atoms with E-state index in [0.29, 0.717) is 5.89 Å². The molecular weight excluding hydrogens is 541 g/mol. The molecule has 4 nitrogen and oxygen atoms in total. The summed E-state index contributed by atoms with van der Waals surface area (Å²) in [6, 6.07) is 16.6. The van der Waals surface area contributed by atoms with Crippen molar-refractivity contribution in [2.75, 3.05) is 0 Å². The van der Waals surface area contributed by atoms with Gasteiger partial charge in [0.2, 0.25) is 0 Å². The van der Waals surface area contributed by atoms with Gasteiger partial charge in [0, 0.05) is 12.5 Å². The van der Waals surface area contributed by atoms with E-state index < -0.39 is 0 Å². The van der Waals surface area contributed by atoms with E-state index >= 15 is 0 Å². The minimum Gasteiger partial charge on any atom is -0.586 e. The van der Waals surface area contributed by atoms with Crippen LogP contribution < -0.4 is 0 Å². The van der Waals surface area contributed by atoms with Gasteiger partial charge in [-0.1, -0.05) is 11.1 Å². The molecule has 1 radical (unpaired) electrons. The molecule has 0 aliphatic heterocycles. The molecule has 0 saturated heterocycles. The summed E-state index contributed by atoms with van der Waals surface area (Å²) in [6.07, 6.45) is 2.39.